The fourth-order valence-corrected chi connectivity index (χ4v) is 4.92. The Morgan fingerprint density at radius 2 is 1.84 bits per heavy atom. The number of carbonyl (C=O) groups excluding carboxylic acids is 1. The predicted molar refractivity (Wildman–Crippen MR) is 137 cm³/mol. The highest BCUT2D eigenvalue weighted by molar-refractivity contribution is 7.80. The van der Waals surface area contributed by atoms with Crippen LogP contribution in [0.2, 0.25) is 15.1 Å². The van der Waals surface area contributed by atoms with Crippen LogP contribution in [0.25, 0.3) is 20.8 Å². The summed E-state index contributed by atoms with van der Waals surface area (Å²) in [6.07, 6.45) is 0. The number of benzene rings is 3. The van der Waals surface area contributed by atoms with E-state index in [9.17, 15) is 4.79 Å². The van der Waals surface area contributed by atoms with Crippen LogP contribution in [0.3, 0.4) is 0 Å². The SMILES string of the molecule is COc1ccc(Cl)cc1C(=O)NC(=S)Nc1cc(-c2nc3ccccc3s2)c(Cl)cc1Cl. The second-order valence-corrected chi connectivity index (χ2v) is 9.24. The van der Waals surface area contributed by atoms with Crippen molar-refractivity contribution in [2.45, 2.75) is 0 Å². The molecular formula is C22H14Cl3N3O2S2. The third-order valence-electron chi connectivity index (χ3n) is 4.46. The van der Waals surface area contributed by atoms with E-state index in [0.29, 0.717) is 32.1 Å². The Hall–Kier alpha value is -2.42. The second kappa shape index (κ2) is 9.60. The molecule has 0 saturated heterocycles. The number of thiazole rings is 1. The molecule has 162 valence electrons. The lowest BCUT2D eigenvalue weighted by Crippen LogP contribution is -2.34. The van der Waals surface area contributed by atoms with Gasteiger partial charge in [-0.3, -0.25) is 10.1 Å². The van der Waals surface area contributed by atoms with Crippen molar-refractivity contribution in [2.75, 3.05) is 12.4 Å². The number of nitrogens with zero attached hydrogens (tertiary/aromatic N) is 1. The zero-order chi connectivity index (χ0) is 22.8. The second-order valence-electron chi connectivity index (χ2n) is 6.55. The molecule has 0 aliphatic heterocycles. The summed E-state index contributed by atoms with van der Waals surface area (Å²) in [5, 5.41) is 7.55. The first-order valence-electron chi connectivity index (χ1n) is 9.16. The van der Waals surface area contributed by atoms with E-state index in [1.807, 2.05) is 24.3 Å². The van der Waals surface area contributed by atoms with Crippen LogP contribution in [0.1, 0.15) is 10.4 Å². The van der Waals surface area contributed by atoms with Crippen LogP contribution in [-0.4, -0.2) is 23.1 Å². The van der Waals surface area contributed by atoms with E-state index in [2.05, 4.69) is 15.6 Å². The summed E-state index contributed by atoms with van der Waals surface area (Å²) in [6.45, 7) is 0. The van der Waals surface area contributed by atoms with Gasteiger partial charge in [-0.2, -0.15) is 0 Å². The van der Waals surface area contributed by atoms with Gasteiger partial charge in [-0.25, -0.2) is 4.98 Å². The average molecular weight is 523 g/mol. The molecule has 0 spiro atoms. The number of hydrogen-bond donors (Lipinski definition) is 2. The van der Waals surface area contributed by atoms with E-state index in [1.165, 1.54) is 24.5 Å². The highest BCUT2D eigenvalue weighted by Gasteiger charge is 2.17. The molecule has 3 aromatic carbocycles. The highest BCUT2D eigenvalue weighted by Crippen LogP contribution is 2.39. The van der Waals surface area contributed by atoms with Gasteiger partial charge in [0.25, 0.3) is 5.91 Å². The predicted octanol–water partition coefficient (Wildman–Crippen LogP) is 7.06. The maximum atomic E-state index is 12.7. The highest BCUT2D eigenvalue weighted by atomic mass is 35.5. The van der Waals surface area contributed by atoms with Crippen LogP contribution >= 0.6 is 58.4 Å². The molecule has 1 amide bonds. The molecule has 0 aliphatic carbocycles. The molecular weight excluding hydrogens is 509 g/mol. The minimum atomic E-state index is -0.474. The number of hydrogen-bond acceptors (Lipinski definition) is 5. The summed E-state index contributed by atoms with van der Waals surface area (Å²) in [6, 6.07) is 15.9. The van der Waals surface area contributed by atoms with Gasteiger partial charge in [0, 0.05) is 10.6 Å². The first kappa shape index (κ1) is 22.8. The van der Waals surface area contributed by atoms with E-state index >= 15 is 0 Å². The number of methoxy groups -OCH3 is 1. The molecule has 0 atom stereocenters. The topological polar surface area (TPSA) is 63.2 Å². The smallest absolute Gasteiger partial charge is 0.261 e. The van der Waals surface area contributed by atoms with E-state index < -0.39 is 5.91 Å². The molecule has 4 rings (SSSR count). The Labute approximate surface area is 208 Å². The van der Waals surface area contributed by atoms with Crippen molar-refractivity contribution in [1.82, 2.24) is 10.3 Å². The number of rotatable bonds is 4. The molecule has 0 fully saturated rings. The molecule has 0 radical (unpaired) electrons. The Morgan fingerprint density at radius 1 is 1.06 bits per heavy atom. The number of para-hydroxylation sites is 1. The van der Waals surface area contributed by atoms with Gasteiger partial charge in [-0.1, -0.05) is 46.9 Å². The summed E-state index contributed by atoms with van der Waals surface area (Å²) in [7, 11) is 1.47. The third-order valence-corrected chi connectivity index (χ3v) is 6.60. The number of ether oxygens (including phenoxy) is 1. The monoisotopic (exact) mass is 521 g/mol. The molecule has 32 heavy (non-hydrogen) atoms. The molecule has 4 aromatic rings. The maximum Gasteiger partial charge on any atom is 0.261 e. The molecule has 10 heteroatoms. The maximum absolute atomic E-state index is 12.7. The van der Waals surface area contributed by atoms with Crippen molar-refractivity contribution in [3.8, 4) is 16.3 Å². The van der Waals surface area contributed by atoms with E-state index in [-0.39, 0.29) is 10.7 Å². The zero-order valence-corrected chi connectivity index (χ0v) is 20.3. The van der Waals surface area contributed by atoms with Gasteiger partial charge in [0.1, 0.15) is 10.8 Å². The van der Waals surface area contributed by atoms with Gasteiger partial charge in [-0.05, 0) is 54.7 Å². The summed E-state index contributed by atoms with van der Waals surface area (Å²) in [5.74, 6) is -0.101. The van der Waals surface area contributed by atoms with Crippen LogP contribution in [0.15, 0.2) is 54.6 Å². The van der Waals surface area contributed by atoms with Gasteiger partial charge in [0.05, 0.1) is 38.6 Å². The largest absolute Gasteiger partial charge is 0.496 e. The molecule has 0 unspecified atom stereocenters. The first-order chi connectivity index (χ1) is 15.4. The number of halogens is 3. The van der Waals surface area contributed by atoms with Crippen LogP contribution in [0.4, 0.5) is 5.69 Å². The number of amides is 1. The molecule has 2 N–H and O–H groups in total. The van der Waals surface area contributed by atoms with Crippen molar-refractivity contribution in [3.63, 3.8) is 0 Å². The van der Waals surface area contributed by atoms with Crippen molar-refractivity contribution in [1.29, 1.82) is 0 Å². The number of fused-ring (bicyclic) bond motifs is 1. The van der Waals surface area contributed by atoms with Gasteiger partial charge in [0.2, 0.25) is 0 Å². The number of aromatic nitrogens is 1. The number of nitrogens with one attached hydrogen (secondary N) is 2. The molecule has 0 aliphatic rings. The van der Waals surface area contributed by atoms with E-state index in [0.717, 1.165) is 15.2 Å². The first-order valence-corrected chi connectivity index (χ1v) is 11.5. The molecule has 1 aromatic heterocycles. The standard InChI is InChI=1S/C22H14Cl3N3O2S2/c1-30-18-7-6-11(23)8-13(18)20(29)28-22(31)27-17-9-12(14(24)10-15(17)25)21-26-16-4-2-3-5-19(16)32-21/h2-10H,1H3,(H2,27,28,29,31). The van der Waals surface area contributed by atoms with Crippen molar-refractivity contribution < 1.29 is 9.53 Å². The van der Waals surface area contributed by atoms with Gasteiger partial charge in [0.15, 0.2) is 5.11 Å². The minimum Gasteiger partial charge on any atom is -0.496 e. The van der Waals surface area contributed by atoms with Crippen molar-refractivity contribution in [3.05, 3.63) is 75.2 Å². The lowest BCUT2D eigenvalue weighted by Gasteiger charge is -2.14. The number of thiocarbonyl (C=S) groups is 1. The Bertz CT molecular complexity index is 1320. The lowest BCUT2D eigenvalue weighted by atomic mass is 10.2. The van der Waals surface area contributed by atoms with Crippen molar-refractivity contribution in [2.24, 2.45) is 0 Å². The minimum absolute atomic E-state index is 0.0523. The molecule has 5 nitrogen and oxygen atoms in total. The van der Waals surface area contributed by atoms with Crippen molar-refractivity contribution >= 4 is 85.3 Å². The van der Waals surface area contributed by atoms with E-state index in [4.69, 9.17) is 51.8 Å². The van der Waals surface area contributed by atoms with Crippen LogP contribution in [0.5, 0.6) is 5.75 Å². The fourth-order valence-electron chi connectivity index (χ4n) is 2.98. The Kier molecular flexibility index (Phi) is 6.83. The Morgan fingerprint density at radius 3 is 2.59 bits per heavy atom. The normalized spacial score (nSPS) is 10.8. The van der Waals surface area contributed by atoms with E-state index in [1.54, 1.807) is 24.3 Å². The molecule has 0 bridgehead atoms. The Balaban J connectivity index is 1.58. The summed E-state index contributed by atoms with van der Waals surface area (Å²) in [5.41, 5.74) is 2.31. The fraction of sp³-hybridized carbons (Fsp3) is 0.0455. The summed E-state index contributed by atoms with van der Waals surface area (Å²) < 4.78 is 6.26. The lowest BCUT2D eigenvalue weighted by molar-refractivity contribution is 0.0975. The molecule has 1 heterocycles. The zero-order valence-electron chi connectivity index (χ0n) is 16.4. The quantitative estimate of drug-likeness (QED) is 0.281. The van der Waals surface area contributed by atoms with Crippen LogP contribution in [-0.2, 0) is 0 Å². The summed E-state index contributed by atoms with van der Waals surface area (Å²) >= 11 is 25.6. The average Bonchev–Trinajstić information content (AvgIpc) is 3.19. The number of anilines is 1. The van der Waals surface area contributed by atoms with Crippen LogP contribution < -0.4 is 15.4 Å². The number of carbonyl (C=O) groups is 1. The third kappa shape index (κ3) is 4.82. The summed E-state index contributed by atoms with van der Waals surface area (Å²) in [4.78, 5) is 17.3. The van der Waals surface area contributed by atoms with Gasteiger partial charge >= 0.3 is 0 Å². The molecule has 0 saturated carbocycles. The van der Waals surface area contributed by atoms with Gasteiger partial charge in [-0.15, -0.1) is 11.3 Å². The van der Waals surface area contributed by atoms with Gasteiger partial charge < -0.3 is 10.1 Å². The van der Waals surface area contributed by atoms with Crippen LogP contribution in [0, 0.1) is 0 Å².